The van der Waals surface area contributed by atoms with Gasteiger partial charge in [-0.05, 0) is 27.7 Å². The molecule has 0 saturated heterocycles. The first-order chi connectivity index (χ1) is 11.2. The molecule has 0 amide bonds. The lowest BCUT2D eigenvalue weighted by Crippen LogP contribution is -2.46. The van der Waals surface area contributed by atoms with Crippen molar-refractivity contribution >= 4 is 23.9 Å². The van der Waals surface area contributed by atoms with E-state index in [4.69, 9.17) is 15.2 Å². The second-order valence-corrected chi connectivity index (χ2v) is 5.75. The van der Waals surface area contributed by atoms with Crippen LogP contribution >= 0.6 is 0 Å². The highest BCUT2D eigenvalue weighted by Gasteiger charge is 2.30. The van der Waals surface area contributed by atoms with Gasteiger partial charge in [0.25, 0.3) is 0 Å². The van der Waals surface area contributed by atoms with Crippen molar-refractivity contribution in [3.8, 4) is 0 Å². The third-order valence-corrected chi connectivity index (χ3v) is 2.19. The molecule has 0 spiro atoms. The van der Waals surface area contributed by atoms with Crippen LogP contribution in [-0.4, -0.2) is 35.3 Å². The van der Waals surface area contributed by atoms with Gasteiger partial charge in [0.2, 0.25) is 0 Å². The summed E-state index contributed by atoms with van der Waals surface area (Å²) in [6, 6.07) is 0. The van der Waals surface area contributed by atoms with E-state index in [2.05, 4.69) is 34.2 Å². The summed E-state index contributed by atoms with van der Waals surface area (Å²) < 4.78 is 9.58. The number of hydroxylamine groups is 1. The maximum atomic E-state index is 11.7. The number of hydrogen-bond donors (Lipinski definition) is 3. The van der Waals surface area contributed by atoms with E-state index in [0.29, 0.717) is 0 Å². The Bertz CT molecular complexity index is 604. The Balaban J connectivity index is 4.68. The average Bonchev–Trinajstić information content (AvgIpc) is 2.48. The van der Waals surface area contributed by atoms with Crippen LogP contribution in [-0.2, 0) is 38.3 Å². The number of nitrogens with one attached hydrogen (secondary N) is 1. The van der Waals surface area contributed by atoms with Crippen LogP contribution in [0.1, 0.15) is 27.7 Å². The van der Waals surface area contributed by atoms with E-state index in [9.17, 15) is 19.2 Å². The number of rotatable bonds is 8. The fourth-order valence-electron chi connectivity index (χ4n) is 1.08. The molecule has 0 aliphatic carbocycles. The minimum Gasteiger partial charge on any atom is -0.441 e. The molecule has 0 fully saturated rings. The van der Waals surface area contributed by atoms with E-state index >= 15 is 0 Å². The molecule has 0 atom stereocenters. The zero-order valence-corrected chi connectivity index (χ0v) is 14.3. The maximum Gasteiger partial charge on any atom is 0.363 e. The number of nitrogens with two attached hydrogens (primary N) is 2. The molecular weight excluding hydrogens is 338 g/mol. The van der Waals surface area contributed by atoms with Crippen molar-refractivity contribution in [3.63, 3.8) is 0 Å². The summed E-state index contributed by atoms with van der Waals surface area (Å²) >= 11 is 0. The van der Waals surface area contributed by atoms with Gasteiger partial charge in [0.1, 0.15) is 11.1 Å². The van der Waals surface area contributed by atoms with E-state index in [1.807, 2.05) is 0 Å². The van der Waals surface area contributed by atoms with Crippen molar-refractivity contribution in [3.05, 3.63) is 24.3 Å². The van der Waals surface area contributed by atoms with Crippen LogP contribution in [0.4, 0.5) is 0 Å². The first kappa shape index (κ1) is 22.2. The van der Waals surface area contributed by atoms with Gasteiger partial charge in [-0.2, -0.15) is 5.90 Å². The molecule has 11 heteroatoms. The first-order valence-corrected chi connectivity index (χ1v) is 6.73. The van der Waals surface area contributed by atoms with Gasteiger partial charge >= 0.3 is 23.9 Å². The largest absolute Gasteiger partial charge is 0.441 e. The molecule has 0 heterocycles. The van der Waals surface area contributed by atoms with Gasteiger partial charge in [0.05, 0.1) is 0 Å². The molecule has 0 aliphatic rings. The second-order valence-electron chi connectivity index (χ2n) is 5.75. The molecule has 0 aliphatic heterocycles. The highest BCUT2D eigenvalue weighted by atomic mass is 16.7. The van der Waals surface area contributed by atoms with E-state index in [1.54, 1.807) is 0 Å². The van der Waals surface area contributed by atoms with Gasteiger partial charge in [-0.3, -0.25) is 5.73 Å². The molecular formula is C14H21N3O8. The lowest BCUT2D eigenvalue weighted by atomic mass is 10.3. The summed E-state index contributed by atoms with van der Waals surface area (Å²) in [5.41, 5.74) is 3.31. The lowest BCUT2D eigenvalue weighted by Gasteiger charge is -2.25. The fourth-order valence-corrected chi connectivity index (χ4v) is 1.08. The Labute approximate surface area is 143 Å². The van der Waals surface area contributed by atoms with Gasteiger partial charge in [0.15, 0.2) is 11.4 Å². The van der Waals surface area contributed by atoms with Gasteiger partial charge in [0, 0.05) is 0 Å². The Morgan fingerprint density at radius 3 is 1.72 bits per heavy atom. The van der Waals surface area contributed by atoms with Crippen molar-refractivity contribution in [2.75, 3.05) is 0 Å². The molecule has 0 rings (SSSR count). The number of esters is 2. The molecule has 0 aromatic heterocycles. The van der Waals surface area contributed by atoms with E-state index < -0.39 is 46.5 Å². The molecule has 0 saturated carbocycles. The van der Waals surface area contributed by atoms with Crippen molar-refractivity contribution in [2.24, 2.45) is 11.6 Å². The summed E-state index contributed by atoms with van der Waals surface area (Å²) in [4.78, 5) is 54.4. The fraction of sp³-hybridized carbons (Fsp3) is 0.429. The second kappa shape index (κ2) is 8.37. The van der Waals surface area contributed by atoms with E-state index in [-0.39, 0.29) is 0 Å². The summed E-state index contributed by atoms with van der Waals surface area (Å²) in [7, 11) is 0. The van der Waals surface area contributed by atoms with Crippen LogP contribution < -0.4 is 17.1 Å². The van der Waals surface area contributed by atoms with Gasteiger partial charge in [-0.15, -0.1) is 5.48 Å². The van der Waals surface area contributed by atoms with Gasteiger partial charge < -0.3 is 19.1 Å². The summed E-state index contributed by atoms with van der Waals surface area (Å²) in [5.74, 6) is -0.0427. The highest BCUT2D eigenvalue weighted by Crippen LogP contribution is 2.11. The monoisotopic (exact) mass is 359 g/mol. The Hall–Kier alpha value is -2.76. The molecule has 0 unspecified atom stereocenters. The van der Waals surface area contributed by atoms with E-state index in [1.165, 1.54) is 27.7 Å². The van der Waals surface area contributed by atoms with Crippen LogP contribution in [0.15, 0.2) is 24.3 Å². The Morgan fingerprint density at radius 2 is 1.28 bits per heavy atom. The first-order valence-electron chi connectivity index (χ1n) is 6.73. The topological polar surface area (TPSA) is 169 Å². The molecule has 140 valence electrons. The minimum atomic E-state index is -1.60. The molecule has 0 radical (unpaired) electrons. The summed E-state index contributed by atoms with van der Waals surface area (Å²) in [6.45, 7) is 11.7. The van der Waals surface area contributed by atoms with Crippen molar-refractivity contribution < 1.29 is 38.3 Å². The van der Waals surface area contributed by atoms with Crippen LogP contribution in [0.5, 0.6) is 0 Å². The lowest BCUT2D eigenvalue weighted by molar-refractivity contribution is -0.184. The van der Waals surface area contributed by atoms with Crippen LogP contribution in [0.3, 0.4) is 0 Å². The quantitative estimate of drug-likeness (QED) is 0.0931. The normalized spacial score (nSPS) is 11.1. The van der Waals surface area contributed by atoms with Crippen molar-refractivity contribution in [2.45, 2.75) is 39.1 Å². The van der Waals surface area contributed by atoms with Crippen molar-refractivity contribution in [1.82, 2.24) is 5.48 Å². The average molecular weight is 359 g/mol. The zero-order valence-electron chi connectivity index (χ0n) is 14.3. The van der Waals surface area contributed by atoms with Gasteiger partial charge in [-0.25, -0.2) is 19.2 Å². The standard InChI is InChI=1S/C14H21N3O8/c1-7(11(20)24-16)10(19)23-14(5,6)17-25-12(21)8(2)9(18)22-13(3,4)15/h17H,1-2,15-16H2,3-6H3. The minimum absolute atomic E-state index is 0.649. The number of carbonyl (C=O) groups is 4. The molecule has 25 heavy (non-hydrogen) atoms. The third kappa shape index (κ3) is 8.06. The SMILES string of the molecule is C=C(C(=O)ONC(C)(C)OC(=O)C(=C)C(=O)ON)C(=O)OC(C)(C)N. The molecule has 0 aromatic carbocycles. The highest BCUT2D eigenvalue weighted by molar-refractivity contribution is 6.14. The third-order valence-electron chi connectivity index (χ3n) is 2.19. The molecule has 5 N–H and O–H groups in total. The van der Waals surface area contributed by atoms with Gasteiger partial charge in [-0.1, -0.05) is 13.2 Å². The predicted octanol–water partition coefficient (Wildman–Crippen LogP) is -0.919. The number of hydrogen-bond acceptors (Lipinski definition) is 11. The Kier molecular flexibility index (Phi) is 7.45. The maximum absolute atomic E-state index is 11.7. The number of ether oxygens (including phenoxy) is 2. The predicted molar refractivity (Wildman–Crippen MR) is 82.3 cm³/mol. The summed E-state index contributed by atoms with van der Waals surface area (Å²) in [5, 5.41) is 0. The number of carbonyl (C=O) groups excluding carboxylic acids is 4. The Morgan fingerprint density at radius 1 is 0.840 bits per heavy atom. The molecule has 0 aromatic rings. The van der Waals surface area contributed by atoms with Crippen LogP contribution in [0.25, 0.3) is 0 Å². The van der Waals surface area contributed by atoms with Crippen LogP contribution in [0.2, 0.25) is 0 Å². The smallest absolute Gasteiger partial charge is 0.363 e. The zero-order chi connectivity index (χ0) is 20.0. The van der Waals surface area contributed by atoms with E-state index in [0.717, 1.165) is 0 Å². The van der Waals surface area contributed by atoms with Crippen molar-refractivity contribution in [1.29, 1.82) is 0 Å². The molecule has 0 bridgehead atoms. The van der Waals surface area contributed by atoms with Crippen LogP contribution in [0, 0.1) is 0 Å². The molecule has 11 nitrogen and oxygen atoms in total. The summed E-state index contributed by atoms with van der Waals surface area (Å²) in [6.07, 6.45) is 0.